The molecule has 9 nitrogen and oxygen atoms in total. The number of amides is 2. The number of nitrogens with one attached hydrogen (secondary N) is 2. The van der Waals surface area contributed by atoms with Crippen LogP contribution in [0.25, 0.3) is 11.5 Å². The van der Waals surface area contributed by atoms with Crippen LogP contribution in [0.5, 0.6) is 5.75 Å². The number of nitrogens with zero attached hydrogens (tertiary/aromatic N) is 2. The summed E-state index contributed by atoms with van der Waals surface area (Å²) in [6, 6.07) is 12.7. The van der Waals surface area contributed by atoms with E-state index in [0.717, 1.165) is 5.56 Å². The number of ether oxygens (including phenoxy) is 2. The molecular formula is C22H19ClN4O5. The van der Waals surface area contributed by atoms with Crippen molar-refractivity contribution in [3.63, 3.8) is 0 Å². The Morgan fingerprint density at radius 2 is 1.91 bits per heavy atom. The Balaban J connectivity index is 1.60. The van der Waals surface area contributed by atoms with Crippen molar-refractivity contribution in [2.45, 2.75) is 13.0 Å². The number of rotatable bonds is 7. The third kappa shape index (κ3) is 4.73. The third-order valence-electron chi connectivity index (χ3n) is 4.70. The first-order valence-corrected chi connectivity index (χ1v) is 10.2. The van der Waals surface area contributed by atoms with Gasteiger partial charge in [-0.2, -0.15) is 0 Å². The number of esters is 1. The lowest BCUT2D eigenvalue weighted by Crippen LogP contribution is -2.47. The molecule has 0 fully saturated rings. The van der Waals surface area contributed by atoms with Gasteiger partial charge in [-0.05, 0) is 48.9 Å². The Hall–Kier alpha value is -3.85. The first-order chi connectivity index (χ1) is 15.5. The second-order valence-corrected chi connectivity index (χ2v) is 7.19. The van der Waals surface area contributed by atoms with Gasteiger partial charge in [-0.3, -0.25) is 0 Å². The van der Waals surface area contributed by atoms with E-state index in [1.807, 2.05) is 0 Å². The molecule has 2 amide bonds. The zero-order valence-electron chi connectivity index (χ0n) is 17.0. The van der Waals surface area contributed by atoms with Gasteiger partial charge in [-0.25, -0.2) is 9.59 Å². The van der Waals surface area contributed by atoms with E-state index in [9.17, 15) is 9.59 Å². The second kappa shape index (κ2) is 9.52. The van der Waals surface area contributed by atoms with Crippen molar-refractivity contribution in [1.82, 2.24) is 20.8 Å². The molecule has 32 heavy (non-hydrogen) atoms. The lowest BCUT2D eigenvalue weighted by Gasteiger charge is -2.29. The molecule has 0 saturated carbocycles. The van der Waals surface area contributed by atoms with E-state index in [0.29, 0.717) is 27.9 Å². The van der Waals surface area contributed by atoms with Gasteiger partial charge in [-0.15, -0.1) is 10.2 Å². The molecular weight excluding hydrogens is 436 g/mol. The maximum Gasteiger partial charge on any atom is 0.338 e. The number of benzene rings is 2. The van der Waals surface area contributed by atoms with Crippen LogP contribution in [0.4, 0.5) is 4.79 Å². The summed E-state index contributed by atoms with van der Waals surface area (Å²) in [7, 11) is 0. The highest BCUT2D eigenvalue weighted by Gasteiger charge is 2.34. The summed E-state index contributed by atoms with van der Waals surface area (Å²) in [6.45, 7) is 1.85. The molecule has 0 radical (unpaired) electrons. The standard InChI is InChI=1S/C22H19ClN4O5/c1-2-30-21(28)18-17(25-22(29)26-19(18)13-3-7-15(23)8-4-13)11-31-16-9-5-14(6-10-16)20-27-24-12-32-20/h3-10,12,19H,2,11H2,1H3,(H2,25,26,29). The SMILES string of the molecule is CCOC(=O)C1=C(COc2ccc(-c3nnco3)cc2)NC(=O)NC1c1ccc(Cl)cc1. The number of carbonyl (C=O) groups is 2. The van der Waals surface area contributed by atoms with Crippen molar-refractivity contribution in [3.05, 3.63) is 76.8 Å². The topological polar surface area (TPSA) is 116 Å². The molecule has 1 atom stereocenters. The zero-order chi connectivity index (χ0) is 22.5. The van der Waals surface area contributed by atoms with Gasteiger partial charge in [0.25, 0.3) is 0 Å². The lowest BCUT2D eigenvalue weighted by molar-refractivity contribution is -0.139. The molecule has 2 aromatic carbocycles. The summed E-state index contributed by atoms with van der Waals surface area (Å²) in [5.74, 6) is 0.366. The van der Waals surface area contributed by atoms with Crippen molar-refractivity contribution < 1.29 is 23.5 Å². The van der Waals surface area contributed by atoms with E-state index in [1.165, 1.54) is 6.39 Å². The quantitative estimate of drug-likeness (QED) is 0.523. The first kappa shape index (κ1) is 21.4. The third-order valence-corrected chi connectivity index (χ3v) is 4.95. The Kier molecular flexibility index (Phi) is 6.37. The smallest absolute Gasteiger partial charge is 0.338 e. The van der Waals surface area contributed by atoms with Crippen molar-refractivity contribution in [1.29, 1.82) is 0 Å². The molecule has 0 saturated heterocycles. The lowest BCUT2D eigenvalue weighted by atomic mass is 9.95. The van der Waals surface area contributed by atoms with Crippen LogP contribution < -0.4 is 15.4 Å². The monoisotopic (exact) mass is 454 g/mol. The van der Waals surface area contributed by atoms with Gasteiger partial charge >= 0.3 is 12.0 Å². The fourth-order valence-electron chi connectivity index (χ4n) is 3.24. The molecule has 0 bridgehead atoms. The number of aromatic nitrogens is 2. The van der Waals surface area contributed by atoms with E-state index >= 15 is 0 Å². The maximum absolute atomic E-state index is 12.8. The van der Waals surface area contributed by atoms with Crippen molar-refractivity contribution in [3.8, 4) is 17.2 Å². The number of carbonyl (C=O) groups excluding carboxylic acids is 2. The molecule has 2 heterocycles. The minimum Gasteiger partial charge on any atom is -0.487 e. The molecule has 1 aliphatic rings. The van der Waals surface area contributed by atoms with Gasteiger partial charge in [0.15, 0.2) is 0 Å². The minimum atomic E-state index is -0.710. The average Bonchev–Trinajstić information content (AvgIpc) is 3.33. The van der Waals surface area contributed by atoms with Crippen LogP contribution in [-0.4, -0.2) is 35.4 Å². The van der Waals surface area contributed by atoms with Crippen molar-refractivity contribution >= 4 is 23.6 Å². The largest absolute Gasteiger partial charge is 0.487 e. The van der Waals surface area contributed by atoms with E-state index in [4.69, 9.17) is 25.5 Å². The molecule has 0 spiro atoms. The number of hydrogen-bond donors (Lipinski definition) is 2. The highest BCUT2D eigenvalue weighted by atomic mass is 35.5. The zero-order valence-corrected chi connectivity index (χ0v) is 17.8. The molecule has 3 aromatic rings. The second-order valence-electron chi connectivity index (χ2n) is 6.75. The normalized spacial score (nSPS) is 15.7. The molecule has 2 N–H and O–H groups in total. The predicted octanol–water partition coefficient (Wildman–Crippen LogP) is 3.64. The van der Waals surface area contributed by atoms with Crippen LogP contribution in [-0.2, 0) is 9.53 Å². The van der Waals surface area contributed by atoms with Gasteiger partial charge in [0.1, 0.15) is 12.4 Å². The first-order valence-electron chi connectivity index (χ1n) is 9.77. The molecule has 10 heteroatoms. The summed E-state index contributed by atoms with van der Waals surface area (Å²) < 4.78 is 16.2. The summed E-state index contributed by atoms with van der Waals surface area (Å²) in [6.07, 6.45) is 1.25. The van der Waals surface area contributed by atoms with E-state index in [1.54, 1.807) is 55.5 Å². The molecule has 1 aromatic heterocycles. The van der Waals surface area contributed by atoms with Crippen LogP contribution in [0.3, 0.4) is 0 Å². The number of hydrogen-bond acceptors (Lipinski definition) is 7. The van der Waals surface area contributed by atoms with E-state index in [-0.39, 0.29) is 18.8 Å². The molecule has 1 unspecified atom stereocenters. The van der Waals surface area contributed by atoms with Crippen LogP contribution >= 0.6 is 11.6 Å². The molecule has 1 aliphatic heterocycles. The van der Waals surface area contributed by atoms with Gasteiger partial charge in [0.2, 0.25) is 12.3 Å². The van der Waals surface area contributed by atoms with Crippen LogP contribution in [0, 0.1) is 0 Å². The Morgan fingerprint density at radius 3 is 2.56 bits per heavy atom. The van der Waals surface area contributed by atoms with Gasteiger partial charge < -0.3 is 24.5 Å². The van der Waals surface area contributed by atoms with Gasteiger partial charge in [0.05, 0.1) is 23.9 Å². The molecule has 164 valence electrons. The Labute approximate surface area is 188 Å². The predicted molar refractivity (Wildman–Crippen MR) is 115 cm³/mol. The molecule has 0 aliphatic carbocycles. The molecule has 4 rings (SSSR count). The van der Waals surface area contributed by atoms with Crippen molar-refractivity contribution in [2.75, 3.05) is 13.2 Å². The maximum atomic E-state index is 12.8. The van der Waals surface area contributed by atoms with E-state index < -0.39 is 18.0 Å². The van der Waals surface area contributed by atoms with Gasteiger partial charge in [-0.1, -0.05) is 23.7 Å². The Morgan fingerprint density at radius 1 is 1.16 bits per heavy atom. The highest BCUT2D eigenvalue weighted by Crippen LogP contribution is 2.29. The average molecular weight is 455 g/mol. The summed E-state index contributed by atoms with van der Waals surface area (Å²) >= 11 is 5.98. The summed E-state index contributed by atoms with van der Waals surface area (Å²) in [5.41, 5.74) is 2.00. The number of urea groups is 1. The van der Waals surface area contributed by atoms with Crippen molar-refractivity contribution in [2.24, 2.45) is 0 Å². The minimum absolute atomic E-state index is 0.0500. The van der Waals surface area contributed by atoms with Crippen LogP contribution in [0.2, 0.25) is 5.02 Å². The Bertz CT molecular complexity index is 1130. The summed E-state index contributed by atoms with van der Waals surface area (Å²) in [5, 5.41) is 13.5. The fraction of sp³-hybridized carbons (Fsp3) is 0.182. The fourth-order valence-corrected chi connectivity index (χ4v) is 3.36. The van der Waals surface area contributed by atoms with Crippen LogP contribution in [0.15, 0.2) is 70.6 Å². The summed E-state index contributed by atoms with van der Waals surface area (Å²) in [4.78, 5) is 25.1. The van der Waals surface area contributed by atoms with Gasteiger partial charge in [0, 0.05) is 10.6 Å². The van der Waals surface area contributed by atoms with Crippen LogP contribution in [0.1, 0.15) is 18.5 Å². The number of halogens is 1. The highest BCUT2D eigenvalue weighted by molar-refractivity contribution is 6.30. The van der Waals surface area contributed by atoms with E-state index in [2.05, 4.69) is 20.8 Å².